The maximum absolute atomic E-state index is 11.0. The zero-order valence-electron chi connectivity index (χ0n) is 11.6. The predicted molar refractivity (Wildman–Crippen MR) is 79.6 cm³/mol. The molecular formula is C16H11N3O3. The highest BCUT2D eigenvalue weighted by molar-refractivity contribution is 5.97. The molecule has 108 valence electrons. The molecule has 6 nitrogen and oxygen atoms in total. The largest absolute Gasteiger partial charge is 0.477 e. The molecule has 0 aliphatic carbocycles. The first-order chi connectivity index (χ1) is 10.6. The molecular weight excluding hydrogens is 282 g/mol. The van der Waals surface area contributed by atoms with Gasteiger partial charge in [-0.05, 0) is 18.2 Å². The van der Waals surface area contributed by atoms with E-state index in [1.165, 1.54) is 6.08 Å². The van der Waals surface area contributed by atoms with Crippen LogP contribution in [0.25, 0.3) is 28.5 Å². The number of fused-ring (bicyclic) bond motifs is 1. The molecule has 0 spiro atoms. The van der Waals surface area contributed by atoms with Crippen molar-refractivity contribution in [3.05, 3.63) is 47.7 Å². The molecule has 0 saturated carbocycles. The summed E-state index contributed by atoms with van der Waals surface area (Å²) in [5.74, 6) is -0.752. The van der Waals surface area contributed by atoms with E-state index in [0.29, 0.717) is 17.0 Å². The number of rotatable bonds is 3. The standard InChI is InChI=1S/C16H11N3O3/c1-19-9-12(6-11(8-17)16(20)21)15(18-19)14-7-10-4-2-3-5-13(10)22-14/h2-7,9H,1H3,(H,20,21)/b11-6-. The maximum atomic E-state index is 11.0. The topological polar surface area (TPSA) is 92.0 Å². The molecule has 1 N–H and O–H groups in total. The van der Waals surface area contributed by atoms with Gasteiger partial charge in [-0.15, -0.1) is 0 Å². The van der Waals surface area contributed by atoms with Gasteiger partial charge in [-0.3, -0.25) is 4.68 Å². The van der Waals surface area contributed by atoms with Crippen molar-refractivity contribution in [3.63, 3.8) is 0 Å². The summed E-state index contributed by atoms with van der Waals surface area (Å²) in [4.78, 5) is 11.0. The smallest absolute Gasteiger partial charge is 0.346 e. The van der Waals surface area contributed by atoms with Gasteiger partial charge in [0, 0.05) is 24.2 Å². The van der Waals surface area contributed by atoms with Crippen LogP contribution in [0, 0.1) is 11.3 Å². The van der Waals surface area contributed by atoms with Gasteiger partial charge in [-0.2, -0.15) is 10.4 Å². The number of aliphatic carboxylic acids is 1. The second-order valence-electron chi connectivity index (χ2n) is 4.73. The number of carboxylic acid groups (broad SMARTS) is 1. The van der Waals surface area contributed by atoms with Gasteiger partial charge >= 0.3 is 5.97 Å². The fraction of sp³-hybridized carbons (Fsp3) is 0.0625. The molecule has 3 rings (SSSR count). The molecule has 0 aliphatic rings. The van der Waals surface area contributed by atoms with Gasteiger partial charge in [0.1, 0.15) is 22.9 Å². The van der Waals surface area contributed by atoms with E-state index < -0.39 is 5.97 Å². The summed E-state index contributed by atoms with van der Waals surface area (Å²) in [5.41, 5.74) is 1.37. The van der Waals surface area contributed by atoms with Crippen LogP contribution in [0.1, 0.15) is 5.56 Å². The Morgan fingerprint density at radius 3 is 2.91 bits per heavy atom. The summed E-state index contributed by atoms with van der Waals surface area (Å²) < 4.78 is 7.30. The van der Waals surface area contributed by atoms with Crippen molar-refractivity contribution in [2.45, 2.75) is 0 Å². The van der Waals surface area contributed by atoms with Crippen LogP contribution in [-0.4, -0.2) is 20.9 Å². The maximum Gasteiger partial charge on any atom is 0.346 e. The van der Waals surface area contributed by atoms with Crippen molar-refractivity contribution in [1.82, 2.24) is 9.78 Å². The third-order valence-corrected chi connectivity index (χ3v) is 3.17. The number of carboxylic acids is 1. The Morgan fingerprint density at radius 1 is 1.45 bits per heavy atom. The van der Waals surface area contributed by atoms with Crippen LogP contribution in [0.3, 0.4) is 0 Å². The predicted octanol–water partition coefficient (Wildman–Crippen LogP) is 2.82. The molecule has 0 amide bonds. The van der Waals surface area contributed by atoms with Gasteiger partial charge in [0.15, 0.2) is 5.76 Å². The Balaban J connectivity index is 2.16. The van der Waals surface area contributed by atoms with Crippen molar-refractivity contribution in [3.8, 4) is 17.5 Å². The van der Waals surface area contributed by atoms with Crippen LogP contribution in [0.2, 0.25) is 0 Å². The van der Waals surface area contributed by atoms with Crippen LogP contribution in [-0.2, 0) is 11.8 Å². The minimum absolute atomic E-state index is 0.356. The number of nitriles is 1. The lowest BCUT2D eigenvalue weighted by atomic mass is 10.1. The quantitative estimate of drug-likeness (QED) is 0.592. The van der Waals surface area contributed by atoms with E-state index in [-0.39, 0.29) is 5.57 Å². The number of carbonyl (C=O) groups is 1. The van der Waals surface area contributed by atoms with Crippen LogP contribution < -0.4 is 0 Å². The third-order valence-electron chi connectivity index (χ3n) is 3.17. The molecule has 3 aromatic rings. The first-order valence-corrected chi connectivity index (χ1v) is 6.46. The lowest BCUT2D eigenvalue weighted by Crippen LogP contribution is -1.97. The zero-order valence-corrected chi connectivity index (χ0v) is 11.6. The van der Waals surface area contributed by atoms with Gasteiger partial charge in [0.05, 0.1) is 0 Å². The molecule has 0 atom stereocenters. The second kappa shape index (κ2) is 5.22. The molecule has 2 aromatic heterocycles. The summed E-state index contributed by atoms with van der Waals surface area (Å²) in [5, 5.41) is 23.1. The number of nitrogens with zero attached hydrogens (tertiary/aromatic N) is 3. The highest BCUT2D eigenvalue weighted by Gasteiger charge is 2.15. The van der Waals surface area contributed by atoms with Crippen LogP contribution in [0.5, 0.6) is 0 Å². The average molecular weight is 293 g/mol. The van der Waals surface area contributed by atoms with Crippen molar-refractivity contribution in [2.24, 2.45) is 7.05 Å². The molecule has 0 fully saturated rings. The lowest BCUT2D eigenvalue weighted by Gasteiger charge is -1.94. The Labute approximate surface area is 125 Å². The van der Waals surface area contributed by atoms with E-state index in [1.54, 1.807) is 24.0 Å². The molecule has 0 aliphatic heterocycles. The number of benzene rings is 1. The fourth-order valence-electron chi connectivity index (χ4n) is 2.20. The van der Waals surface area contributed by atoms with Crippen LogP contribution >= 0.6 is 0 Å². The number of furan rings is 1. The molecule has 1 aromatic carbocycles. The summed E-state index contributed by atoms with van der Waals surface area (Å²) >= 11 is 0. The van der Waals surface area contributed by atoms with E-state index in [2.05, 4.69) is 5.10 Å². The highest BCUT2D eigenvalue weighted by Crippen LogP contribution is 2.29. The molecule has 6 heteroatoms. The Bertz CT molecular complexity index is 908. The number of aryl methyl sites for hydroxylation is 1. The van der Waals surface area contributed by atoms with Crippen molar-refractivity contribution in [2.75, 3.05) is 0 Å². The first-order valence-electron chi connectivity index (χ1n) is 6.46. The SMILES string of the molecule is Cn1cc(/C=C(/C#N)C(=O)O)c(-c2cc3ccccc3o2)n1. The van der Waals surface area contributed by atoms with Gasteiger partial charge in [0.25, 0.3) is 0 Å². The minimum Gasteiger partial charge on any atom is -0.477 e. The summed E-state index contributed by atoms with van der Waals surface area (Å²) in [6, 6.07) is 11.0. The second-order valence-corrected chi connectivity index (χ2v) is 4.73. The normalized spacial score (nSPS) is 11.5. The number of hydrogen-bond acceptors (Lipinski definition) is 4. The van der Waals surface area contributed by atoms with Crippen molar-refractivity contribution < 1.29 is 14.3 Å². The monoisotopic (exact) mass is 293 g/mol. The van der Waals surface area contributed by atoms with Gasteiger partial charge in [-0.25, -0.2) is 4.79 Å². The van der Waals surface area contributed by atoms with Crippen molar-refractivity contribution in [1.29, 1.82) is 5.26 Å². The molecule has 2 heterocycles. The molecule has 22 heavy (non-hydrogen) atoms. The van der Waals surface area contributed by atoms with Gasteiger partial charge < -0.3 is 9.52 Å². The Hall–Kier alpha value is -3.33. The fourth-order valence-corrected chi connectivity index (χ4v) is 2.20. The summed E-state index contributed by atoms with van der Waals surface area (Å²) in [6.45, 7) is 0. The lowest BCUT2D eigenvalue weighted by molar-refractivity contribution is -0.132. The van der Waals surface area contributed by atoms with E-state index in [1.807, 2.05) is 30.3 Å². The minimum atomic E-state index is -1.28. The molecule has 0 bridgehead atoms. The summed E-state index contributed by atoms with van der Waals surface area (Å²) in [7, 11) is 1.72. The van der Waals surface area contributed by atoms with Crippen LogP contribution in [0.15, 0.2) is 46.5 Å². The van der Waals surface area contributed by atoms with E-state index in [4.69, 9.17) is 14.8 Å². The van der Waals surface area contributed by atoms with E-state index >= 15 is 0 Å². The summed E-state index contributed by atoms with van der Waals surface area (Å²) in [6.07, 6.45) is 2.93. The number of hydrogen-bond donors (Lipinski definition) is 1. The third kappa shape index (κ3) is 2.36. The van der Waals surface area contributed by atoms with Crippen molar-refractivity contribution >= 4 is 23.0 Å². The average Bonchev–Trinajstić information content (AvgIpc) is 3.07. The van der Waals surface area contributed by atoms with Crippen LogP contribution in [0.4, 0.5) is 0 Å². The first kappa shape index (κ1) is 13.6. The zero-order chi connectivity index (χ0) is 15.7. The molecule has 0 radical (unpaired) electrons. The number of para-hydroxylation sites is 1. The Kier molecular flexibility index (Phi) is 3.24. The molecule has 0 unspecified atom stereocenters. The van der Waals surface area contributed by atoms with E-state index in [0.717, 1.165) is 11.0 Å². The Morgan fingerprint density at radius 2 is 2.23 bits per heavy atom. The van der Waals surface area contributed by atoms with Gasteiger partial charge in [0.2, 0.25) is 0 Å². The van der Waals surface area contributed by atoms with Gasteiger partial charge in [-0.1, -0.05) is 18.2 Å². The van der Waals surface area contributed by atoms with E-state index in [9.17, 15) is 4.79 Å². The molecule has 0 saturated heterocycles. The number of aromatic nitrogens is 2. The highest BCUT2D eigenvalue weighted by atomic mass is 16.4.